The van der Waals surface area contributed by atoms with E-state index >= 15 is 0 Å². The number of benzene rings is 1. The van der Waals surface area contributed by atoms with Crippen LogP contribution in [0.2, 0.25) is 0 Å². The summed E-state index contributed by atoms with van der Waals surface area (Å²) in [5.41, 5.74) is 0.111. The molecule has 0 bridgehead atoms. The molecule has 0 spiro atoms. The van der Waals surface area contributed by atoms with Gasteiger partial charge in [-0.2, -0.15) is 4.31 Å². The fourth-order valence-electron chi connectivity index (χ4n) is 3.38. The van der Waals surface area contributed by atoms with Crippen LogP contribution in [0.25, 0.3) is 0 Å². The standard InChI is InChI=1S/C18H20N2O5S/c21-16-6-5-12(26(23,24)20-7-1-2-8-20)10-15(16)19-18(22)14-11-13(14)17-4-3-9-25-17/h3-6,9-10,13-14,21H,1-2,7-8,11H2,(H,19,22). The molecule has 2 N–H and O–H groups in total. The van der Waals surface area contributed by atoms with E-state index in [2.05, 4.69) is 5.32 Å². The van der Waals surface area contributed by atoms with Crippen LogP contribution in [0.3, 0.4) is 0 Å². The average Bonchev–Trinajstić information content (AvgIpc) is 3.05. The summed E-state index contributed by atoms with van der Waals surface area (Å²) >= 11 is 0. The molecule has 1 aliphatic carbocycles. The molecule has 1 aromatic carbocycles. The molecule has 1 aliphatic heterocycles. The lowest BCUT2D eigenvalue weighted by molar-refractivity contribution is -0.117. The van der Waals surface area contributed by atoms with Gasteiger partial charge in [-0.25, -0.2) is 8.42 Å². The number of sulfonamides is 1. The summed E-state index contributed by atoms with van der Waals surface area (Å²) in [6.45, 7) is 0.996. The highest BCUT2D eigenvalue weighted by Crippen LogP contribution is 2.48. The first-order valence-corrected chi connectivity index (χ1v) is 10.1. The molecule has 2 aliphatic rings. The van der Waals surface area contributed by atoms with Crippen molar-refractivity contribution in [2.45, 2.75) is 30.1 Å². The van der Waals surface area contributed by atoms with Crippen LogP contribution in [-0.4, -0.2) is 36.8 Å². The molecular weight excluding hydrogens is 356 g/mol. The van der Waals surface area contributed by atoms with Crippen LogP contribution in [0.5, 0.6) is 5.75 Å². The summed E-state index contributed by atoms with van der Waals surface area (Å²) in [5, 5.41) is 12.7. The number of aromatic hydroxyl groups is 1. The zero-order chi connectivity index (χ0) is 18.3. The van der Waals surface area contributed by atoms with E-state index in [0.717, 1.165) is 18.6 Å². The summed E-state index contributed by atoms with van der Waals surface area (Å²) in [4.78, 5) is 12.5. The van der Waals surface area contributed by atoms with E-state index in [1.807, 2.05) is 6.07 Å². The number of hydrogen-bond acceptors (Lipinski definition) is 5. The van der Waals surface area contributed by atoms with Gasteiger partial charge in [0.25, 0.3) is 0 Å². The second-order valence-electron chi connectivity index (χ2n) is 6.74. The molecule has 8 heteroatoms. The maximum atomic E-state index is 12.7. The van der Waals surface area contributed by atoms with Gasteiger partial charge in [0.2, 0.25) is 15.9 Å². The number of rotatable bonds is 5. The summed E-state index contributed by atoms with van der Waals surface area (Å²) in [7, 11) is -3.61. The van der Waals surface area contributed by atoms with Crippen molar-refractivity contribution in [2.24, 2.45) is 5.92 Å². The molecular formula is C18H20N2O5S. The summed E-state index contributed by atoms with van der Waals surface area (Å²) in [6, 6.07) is 7.60. The van der Waals surface area contributed by atoms with Crippen molar-refractivity contribution in [3.63, 3.8) is 0 Å². The molecule has 1 aromatic heterocycles. The Morgan fingerprint density at radius 3 is 2.69 bits per heavy atom. The molecule has 26 heavy (non-hydrogen) atoms. The van der Waals surface area contributed by atoms with Crippen molar-refractivity contribution in [3.8, 4) is 5.75 Å². The van der Waals surface area contributed by atoms with E-state index in [0.29, 0.717) is 19.5 Å². The van der Waals surface area contributed by atoms with Crippen molar-refractivity contribution < 1.29 is 22.7 Å². The van der Waals surface area contributed by atoms with Crippen LogP contribution in [0.1, 0.15) is 30.9 Å². The number of phenolic OH excluding ortho intramolecular Hbond substituents is 1. The minimum absolute atomic E-state index is 0.0312. The number of phenols is 1. The molecule has 138 valence electrons. The largest absolute Gasteiger partial charge is 0.506 e. The number of furan rings is 1. The van der Waals surface area contributed by atoms with E-state index in [4.69, 9.17) is 4.42 Å². The highest BCUT2D eigenvalue weighted by atomic mass is 32.2. The fourth-order valence-corrected chi connectivity index (χ4v) is 4.92. The van der Waals surface area contributed by atoms with Gasteiger partial charge in [0, 0.05) is 24.9 Å². The Balaban J connectivity index is 1.51. The minimum atomic E-state index is -3.61. The van der Waals surface area contributed by atoms with E-state index in [9.17, 15) is 18.3 Å². The number of carbonyl (C=O) groups is 1. The molecule has 2 heterocycles. The lowest BCUT2D eigenvalue weighted by Gasteiger charge is -2.16. The van der Waals surface area contributed by atoms with Crippen LogP contribution < -0.4 is 5.32 Å². The van der Waals surface area contributed by atoms with Gasteiger partial charge in [-0.15, -0.1) is 0 Å². The first-order valence-electron chi connectivity index (χ1n) is 8.64. The molecule has 4 rings (SSSR count). The summed E-state index contributed by atoms with van der Waals surface area (Å²) < 4.78 is 32.1. The smallest absolute Gasteiger partial charge is 0.243 e. The van der Waals surface area contributed by atoms with Crippen molar-refractivity contribution in [3.05, 3.63) is 42.4 Å². The van der Waals surface area contributed by atoms with Gasteiger partial charge in [-0.05, 0) is 49.6 Å². The Morgan fingerprint density at radius 1 is 1.23 bits per heavy atom. The molecule has 2 aromatic rings. The Morgan fingerprint density at radius 2 is 2.00 bits per heavy atom. The molecule has 1 saturated carbocycles. The summed E-state index contributed by atoms with van der Waals surface area (Å²) in [6.07, 6.45) is 3.93. The first kappa shape index (κ1) is 17.1. The van der Waals surface area contributed by atoms with Crippen LogP contribution in [-0.2, 0) is 14.8 Å². The molecule has 1 amide bonds. The third-order valence-electron chi connectivity index (χ3n) is 4.96. The molecule has 2 atom stereocenters. The van der Waals surface area contributed by atoms with E-state index in [1.165, 1.54) is 22.5 Å². The first-order chi connectivity index (χ1) is 12.5. The van der Waals surface area contributed by atoms with Gasteiger partial charge in [-0.1, -0.05) is 0 Å². The van der Waals surface area contributed by atoms with Gasteiger partial charge in [0.1, 0.15) is 11.5 Å². The normalized spacial score (nSPS) is 23.1. The van der Waals surface area contributed by atoms with E-state index < -0.39 is 10.0 Å². The van der Waals surface area contributed by atoms with Crippen LogP contribution in [0, 0.1) is 5.92 Å². The Hall–Kier alpha value is -2.32. The Labute approximate surface area is 151 Å². The number of anilines is 1. The number of nitrogens with zero attached hydrogens (tertiary/aromatic N) is 1. The SMILES string of the molecule is O=C(Nc1cc(S(=O)(=O)N2CCCC2)ccc1O)C1CC1c1ccco1. The molecule has 0 radical (unpaired) electrons. The molecule has 7 nitrogen and oxygen atoms in total. The van der Waals surface area contributed by atoms with Crippen molar-refractivity contribution in [2.75, 3.05) is 18.4 Å². The highest BCUT2D eigenvalue weighted by Gasteiger charge is 2.46. The van der Waals surface area contributed by atoms with Crippen LogP contribution in [0.4, 0.5) is 5.69 Å². The number of carbonyl (C=O) groups excluding carboxylic acids is 1. The van der Waals surface area contributed by atoms with E-state index in [-0.39, 0.29) is 34.1 Å². The van der Waals surface area contributed by atoms with Crippen LogP contribution >= 0.6 is 0 Å². The number of nitrogens with one attached hydrogen (secondary N) is 1. The average molecular weight is 376 g/mol. The van der Waals surface area contributed by atoms with Gasteiger partial charge in [0.15, 0.2) is 0 Å². The lowest BCUT2D eigenvalue weighted by Crippen LogP contribution is -2.28. The van der Waals surface area contributed by atoms with Gasteiger partial charge >= 0.3 is 0 Å². The van der Waals surface area contributed by atoms with Crippen molar-refractivity contribution in [1.82, 2.24) is 4.31 Å². The van der Waals surface area contributed by atoms with E-state index in [1.54, 1.807) is 12.3 Å². The Kier molecular flexibility index (Phi) is 4.24. The van der Waals surface area contributed by atoms with Crippen molar-refractivity contribution >= 4 is 21.6 Å². The van der Waals surface area contributed by atoms with Gasteiger partial charge in [-0.3, -0.25) is 4.79 Å². The van der Waals surface area contributed by atoms with Crippen LogP contribution in [0.15, 0.2) is 45.9 Å². The number of amides is 1. The maximum Gasteiger partial charge on any atom is 0.243 e. The molecule has 2 fully saturated rings. The molecule has 2 unspecified atom stereocenters. The fraction of sp³-hybridized carbons (Fsp3) is 0.389. The zero-order valence-electron chi connectivity index (χ0n) is 14.1. The Bertz CT molecular complexity index is 917. The summed E-state index contributed by atoms with van der Waals surface area (Å²) in [5.74, 6) is 0.147. The molecule has 1 saturated heterocycles. The third kappa shape index (κ3) is 3.10. The van der Waals surface area contributed by atoms with Gasteiger partial charge in [0.05, 0.1) is 16.8 Å². The minimum Gasteiger partial charge on any atom is -0.506 e. The van der Waals surface area contributed by atoms with Gasteiger partial charge < -0.3 is 14.8 Å². The zero-order valence-corrected chi connectivity index (χ0v) is 14.9. The number of hydrogen-bond donors (Lipinski definition) is 2. The second-order valence-corrected chi connectivity index (χ2v) is 8.68. The highest BCUT2D eigenvalue weighted by molar-refractivity contribution is 7.89. The predicted molar refractivity (Wildman–Crippen MR) is 94.3 cm³/mol. The maximum absolute atomic E-state index is 12.7. The predicted octanol–water partition coefficient (Wildman–Crippen LogP) is 2.51. The quantitative estimate of drug-likeness (QED) is 0.781. The third-order valence-corrected chi connectivity index (χ3v) is 6.86. The van der Waals surface area contributed by atoms with Crippen molar-refractivity contribution in [1.29, 1.82) is 0 Å². The monoisotopic (exact) mass is 376 g/mol. The second kappa shape index (κ2) is 6.44. The lowest BCUT2D eigenvalue weighted by atomic mass is 10.2. The topological polar surface area (TPSA) is 99.9 Å².